The van der Waals surface area contributed by atoms with Gasteiger partial charge in [0.05, 0.1) is 12.2 Å². The van der Waals surface area contributed by atoms with E-state index in [4.69, 9.17) is 10.4 Å². The number of aliphatic hydroxyl groups is 1. The predicted octanol–water partition coefficient (Wildman–Crippen LogP) is 3.42. The minimum Gasteiger partial charge on any atom is -0.392 e. The Kier molecular flexibility index (Phi) is 6.75. The summed E-state index contributed by atoms with van der Waals surface area (Å²) in [6.07, 6.45) is 2.74. The van der Waals surface area contributed by atoms with Crippen molar-refractivity contribution in [3.63, 3.8) is 0 Å². The molecule has 2 nitrogen and oxygen atoms in total. The van der Waals surface area contributed by atoms with E-state index in [9.17, 15) is 0 Å². The summed E-state index contributed by atoms with van der Waals surface area (Å²) in [6.45, 7) is 7.09. The zero-order valence-electron chi connectivity index (χ0n) is 15.3. The van der Waals surface area contributed by atoms with Gasteiger partial charge >= 0.3 is 0 Å². The Hall–Kier alpha value is -2.15. The maximum Gasteiger partial charge on any atom is 0.108 e. The van der Waals surface area contributed by atoms with Crippen LogP contribution in [-0.4, -0.2) is 20.0 Å². The number of nitriles is 1. The van der Waals surface area contributed by atoms with Crippen LogP contribution in [0.1, 0.15) is 33.6 Å². The van der Waals surface area contributed by atoms with E-state index < -0.39 is 8.80 Å². The second-order valence-electron chi connectivity index (χ2n) is 7.61. The first-order chi connectivity index (χ1) is 11.9. The normalized spacial score (nSPS) is 16.3. The number of hydrogen-bond acceptors (Lipinski definition) is 2. The minimum atomic E-state index is -1.14. The second kappa shape index (κ2) is 8.80. The molecule has 0 saturated heterocycles. The van der Waals surface area contributed by atoms with Gasteiger partial charge in [0.1, 0.15) is 8.80 Å². The quantitative estimate of drug-likeness (QED) is 0.667. The van der Waals surface area contributed by atoms with E-state index in [1.54, 1.807) is 0 Å². The number of rotatable bonds is 2. The van der Waals surface area contributed by atoms with Crippen LogP contribution in [0.2, 0.25) is 5.04 Å². The predicted molar refractivity (Wildman–Crippen MR) is 108 cm³/mol. The highest BCUT2D eigenvalue weighted by Gasteiger charge is 2.29. The minimum absolute atomic E-state index is 0.172. The van der Waals surface area contributed by atoms with E-state index in [2.05, 4.69) is 81.4 Å². The molecular formula is C22H27NOSi. The standard InChI is InChI=1S/C16H20Si.C6H7NO/c1-16(2,3)17(14-10-6-4-7-11-14)15-12-8-5-9-13-15;7-2-1-5-3-6(8)4-5/h4-13,17H,1-3H3;1,6,8H,3-4H2. The van der Waals surface area contributed by atoms with Crippen LogP contribution in [0.15, 0.2) is 72.3 Å². The largest absolute Gasteiger partial charge is 0.392 e. The van der Waals surface area contributed by atoms with Gasteiger partial charge in [-0.05, 0) is 17.9 Å². The topological polar surface area (TPSA) is 44.0 Å². The molecule has 2 aromatic rings. The molecule has 1 aliphatic rings. The molecule has 0 radical (unpaired) electrons. The van der Waals surface area contributed by atoms with Gasteiger partial charge in [-0.15, -0.1) is 0 Å². The van der Waals surface area contributed by atoms with E-state index in [-0.39, 0.29) is 6.10 Å². The highest BCUT2D eigenvalue weighted by Crippen LogP contribution is 2.26. The molecule has 0 atom stereocenters. The summed E-state index contributed by atoms with van der Waals surface area (Å²) >= 11 is 0. The zero-order valence-corrected chi connectivity index (χ0v) is 16.5. The van der Waals surface area contributed by atoms with E-state index in [0.717, 1.165) is 5.57 Å². The Balaban J connectivity index is 0.000000236. The molecule has 1 aliphatic carbocycles. The number of hydrogen-bond donors (Lipinski definition) is 1. The average molecular weight is 350 g/mol. The monoisotopic (exact) mass is 349 g/mol. The first kappa shape index (κ1) is 19.2. The fourth-order valence-electron chi connectivity index (χ4n) is 3.24. The summed E-state index contributed by atoms with van der Waals surface area (Å²) in [4.78, 5) is 0. The first-order valence-electron chi connectivity index (χ1n) is 8.77. The third kappa shape index (κ3) is 5.70. The molecule has 0 amide bonds. The van der Waals surface area contributed by atoms with Crippen molar-refractivity contribution in [1.29, 1.82) is 5.26 Å². The average Bonchev–Trinajstić information content (AvgIpc) is 2.55. The van der Waals surface area contributed by atoms with Crippen LogP contribution >= 0.6 is 0 Å². The molecule has 0 bridgehead atoms. The second-order valence-corrected chi connectivity index (χ2v) is 11.5. The van der Waals surface area contributed by atoms with E-state index in [0.29, 0.717) is 17.9 Å². The summed E-state index contributed by atoms with van der Waals surface area (Å²) in [5.41, 5.74) is 1.07. The van der Waals surface area contributed by atoms with Gasteiger partial charge in [-0.25, -0.2) is 0 Å². The van der Waals surface area contributed by atoms with Gasteiger partial charge < -0.3 is 5.11 Å². The lowest BCUT2D eigenvalue weighted by atomic mass is 9.89. The van der Waals surface area contributed by atoms with E-state index in [1.165, 1.54) is 16.4 Å². The molecule has 0 aromatic heterocycles. The summed E-state index contributed by atoms with van der Waals surface area (Å²) in [7, 11) is -1.14. The third-order valence-corrected chi connectivity index (χ3v) is 8.23. The third-order valence-electron chi connectivity index (χ3n) is 4.40. The maximum atomic E-state index is 8.69. The highest BCUT2D eigenvalue weighted by atomic mass is 28.3. The van der Waals surface area contributed by atoms with Crippen molar-refractivity contribution >= 4 is 19.2 Å². The molecule has 1 fully saturated rings. The van der Waals surface area contributed by atoms with Gasteiger partial charge in [0.25, 0.3) is 0 Å². The molecule has 3 rings (SSSR count). The van der Waals surface area contributed by atoms with Crippen LogP contribution in [0.3, 0.4) is 0 Å². The van der Waals surface area contributed by atoms with Gasteiger partial charge in [-0.3, -0.25) is 0 Å². The molecule has 0 aliphatic heterocycles. The van der Waals surface area contributed by atoms with Crippen molar-refractivity contribution in [2.24, 2.45) is 0 Å². The van der Waals surface area contributed by atoms with Gasteiger partial charge in [-0.2, -0.15) is 5.26 Å². The smallest absolute Gasteiger partial charge is 0.108 e. The lowest BCUT2D eigenvalue weighted by molar-refractivity contribution is 0.136. The molecule has 25 heavy (non-hydrogen) atoms. The van der Waals surface area contributed by atoms with Crippen molar-refractivity contribution in [2.75, 3.05) is 0 Å². The number of nitrogens with zero attached hydrogens (tertiary/aromatic N) is 1. The van der Waals surface area contributed by atoms with Crippen LogP contribution in [-0.2, 0) is 0 Å². The Labute approximate surface area is 153 Å². The van der Waals surface area contributed by atoms with Crippen LogP contribution in [0, 0.1) is 11.3 Å². The molecule has 0 spiro atoms. The zero-order chi connectivity index (χ0) is 18.3. The summed E-state index contributed by atoms with van der Waals surface area (Å²) in [6, 6.07) is 23.9. The fourth-order valence-corrected chi connectivity index (χ4v) is 6.84. The molecule has 0 unspecified atom stereocenters. The SMILES string of the molecule is CC(C)(C)[SiH](c1ccccc1)c1ccccc1.N#CC=C1CC(O)C1. The van der Waals surface area contributed by atoms with Crippen molar-refractivity contribution < 1.29 is 5.11 Å². The molecule has 0 heterocycles. The van der Waals surface area contributed by atoms with Crippen molar-refractivity contribution in [1.82, 2.24) is 0 Å². The Bertz CT molecular complexity index is 679. The number of aliphatic hydroxyl groups excluding tert-OH is 1. The molecule has 1 saturated carbocycles. The molecule has 2 aromatic carbocycles. The van der Waals surface area contributed by atoms with Gasteiger partial charge in [0.2, 0.25) is 0 Å². The molecule has 1 N–H and O–H groups in total. The summed E-state index contributed by atoms with van der Waals surface area (Å²) < 4.78 is 0. The van der Waals surface area contributed by atoms with Crippen LogP contribution in [0.25, 0.3) is 0 Å². The fraction of sp³-hybridized carbons (Fsp3) is 0.318. The maximum absolute atomic E-state index is 8.69. The van der Waals surface area contributed by atoms with Crippen LogP contribution < -0.4 is 10.4 Å². The molecule has 130 valence electrons. The van der Waals surface area contributed by atoms with Gasteiger partial charge in [0, 0.05) is 6.08 Å². The van der Waals surface area contributed by atoms with Crippen molar-refractivity contribution in [3.8, 4) is 6.07 Å². The van der Waals surface area contributed by atoms with E-state index >= 15 is 0 Å². The Morgan fingerprint density at radius 1 is 0.960 bits per heavy atom. The van der Waals surface area contributed by atoms with E-state index in [1.807, 2.05) is 6.07 Å². The highest BCUT2D eigenvalue weighted by molar-refractivity contribution is 6.87. The van der Waals surface area contributed by atoms with Crippen LogP contribution in [0.5, 0.6) is 0 Å². The Morgan fingerprint density at radius 2 is 1.40 bits per heavy atom. The molecular weight excluding hydrogens is 322 g/mol. The number of benzene rings is 2. The molecule has 3 heteroatoms. The lowest BCUT2D eigenvalue weighted by Gasteiger charge is -2.30. The first-order valence-corrected chi connectivity index (χ1v) is 10.5. The lowest BCUT2D eigenvalue weighted by Crippen LogP contribution is -2.48. The van der Waals surface area contributed by atoms with Gasteiger partial charge in [0.15, 0.2) is 0 Å². The van der Waals surface area contributed by atoms with Crippen molar-refractivity contribution in [2.45, 2.75) is 44.8 Å². The number of allylic oxidation sites excluding steroid dienone is 1. The Morgan fingerprint density at radius 3 is 1.72 bits per heavy atom. The van der Waals surface area contributed by atoms with Crippen molar-refractivity contribution in [3.05, 3.63) is 72.3 Å². The summed E-state index contributed by atoms with van der Waals surface area (Å²) in [5.74, 6) is 0. The van der Waals surface area contributed by atoms with Gasteiger partial charge in [-0.1, -0.05) is 97.4 Å². The summed E-state index contributed by atoms with van der Waals surface area (Å²) in [5, 5.41) is 20.2. The van der Waals surface area contributed by atoms with Crippen LogP contribution in [0.4, 0.5) is 0 Å².